The number of thiol groups is 1. The van der Waals surface area contributed by atoms with Gasteiger partial charge in [0.1, 0.15) is 5.60 Å². The zero-order valence-corrected chi connectivity index (χ0v) is 11.1. The molecule has 1 heterocycles. The van der Waals surface area contributed by atoms with Gasteiger partial charge < -0.3 is 14.4 Å². The molecule has 0 spiro atoms. The normalized spacial score (nSPS) is 22.8. The highest BCUT2D eigenvalue weighted by molar-refractivity contribution is 7.80. The van der Waals surface area contributed by atoms with Crippen LogP contribution >= 0.6 is 12.6 Å². The molecule has 0 saturated carbocycles. The number of carbonyl (C=O) groups is 1. The molecule has 1 fully saturated rings. The predicted molar refractivity (Wildman–Crippen MR) is 66.0 cm³/mol. The Kier molecular flexibility index (Phi) is 4.92. The monoisotopic (exact) mass is 247 g/mol. The lowest BCUT2D eigenvalue weighted by Gasteiger charge is -2.30. The molecule has 1 aliphatic heterocycles. The Labute approximate surface area is 103 Å². The third-order valence-electron chi connectivity index (χ3n) is 2.28. The predicted octanol–water partition coefficient (Wildman–Crippen LogP) is 1.94. The Morgan fingerprint density at radius 1 is 1.56 bits per heavy atom. The van der Waals surface area contributed by atoms with E-state index in [-0.39, 0.29) is 12.1 Å². The summed E-state index contributed by atoms with van der Waals surface area (Å²) in [4.78, 5) is 13.7. The molecule has 16 heavy (non-hydrogen) atoms. The number of hydrogen-bond acceptors (Lipinski definition) is 4. The maximum absolute atomic E-state index is 12.0. The summed E-state index contributed by atoms with van der Waals surface area (Å²) < 4.78 is 10.8. The molecule has 0 aromatic rings. The maximum atomic E-state index is 12.0. The number of amides is 1. The van der Waals surface area contributed by atoms with Crippen molar-refractivity contribution >= 4 is 18.7 Å². The van der Waals surface area contributed by atoms with E-state index in [1.807, 2.05) is 20.8 Å². The second kappa shape index (κ2) is 5.77. The maximum Gasteiger partial charge on any atom is 0.410 e. The fourth-order valence-electron chi connectivity index (χ4n) is 1.54. The zero-order chi connectivity index (χ0) is 12.2. The number of carbonyl (C=O) groups excluding carboxylic acids is 1. The lowest BCUT2D eigenvalue weighted by atomic mass is 10.2. The summed E-state index contributed by atoms with van der Waals surface area (Å²) in [6.07, 6.45) is 0.584. The van der Waals surface area contributed by atoms with Gasteiger partial charge in [-0.05, 0) is 27.2 Å². The van der Waals surface area contributed by atoms with E-state index in [0.717, 1.165) is 6.42 Å². The fourth-order valence-corrected chi connectivity index (χ4v) is 1.84. The quantitative estimate of drug-likeness (QED) is 0.720. The van der Waals surface area contributed by atoms with Gasteiger partial charge in [-0.25, -0.2) is 4.79 Å². The van der Waals surface area contributed by atoms with Crippen LogP contribution in [0, 0.1) is 0 Å². The van der Waals surface area contributed by atoms with Gasteiger partial charge in [0, 0.05) is 18.9 Å². The smallest absolute Gasteiger partial charge is 0.410 e. The Bertz CT molecular complexity index is 240. The van der Waals surface area contributed by atoms with Crippen molar-refractivity contribution in [2.75, 3.05) is 25.5 Å². The second-order valence-corrected chi connectivity index (χ2v) is 5.30. The van der Waals surface area contributed by atoms with Gasteiger partial charge >= 0.3 is 6.09 Å². The standard InChI is InChI=1S/C11H21NO3S/c1-11(2,3)15-10(13)12-5-4-6-14-7-9(12)8-16/h9,16H,4-8H2,1-3H3/t9-/m0/s1. The summed E-state index contributed by atoms with van der Waals surface area (Å²) in [5.74, 6) is 0.596. The number of ether oxygens (including phenoxy) is 2. The van der Waals surface area contributed by atoms with Gasteiger partial charge in [0.15, 0.2) is 0 Å². The van der Waals surface area contributed by atoms with Crippen LogP contribution in [-0.4, -0.2) is 48.1 Å². The molecule has 5 heteroatoms. The minimum absolute atomic E-state index is 0.0145. The van der Waals surface area contributed by atoms with Gasteiger partial charge in [0.05, 0.1) is 12.6 Å². The van der Waals surface area contributed by atoms with E-state index >= 15 is 0 Å². The molecule has 1 atom stereocenters. The van der Waals surface area contributed by atoms with E-state index < -0.39 is 5.60 Å². The molecule has 0 unspecified atom stereocenters. The summed E-state index contributed by atoms with van der Waals surface area (Å²) in [5, 5.41) is 0. The van der Waals surface area contributed by atoms with Gasteiger partial charge in [0.25, 0.3) is 0 Å². The molecule has 1 rings (SSSR count). The van der Waals surface area contributed by atoms with E-state index in [4.69, 9.17) is 9.47 Å². The highest BCUT2D eigenvalue weighted by atomic mass is 32.1. The van der Waals surface area contributed by atoms with E-state index in [9.17, 15) is 4.79 Å². The van der Waals surface area contributed by atoms with Crippen LogP contribution in [0.15, 0.2) is 0 Å². The lowest BCUT2D eigenvalue weighted by Crippen LogP contribution is -2.45. The van der Waals surface area contributed by atoms with Crippen LogP contribution < -0.4 is 0 Å². The molecule has 94 valence electrons. The van der Waals surface area contributed by atoms with Crippen LogP contribution in [0.1, 0.15) is 27.2 Å². The van der Waals surface area contributed by atoms with Crippen LogP contribution in [0.4, 0.5) is 4.79 Å². The highest BCUT2D eigenvalue weighted by Crippen LogP contribution is 2.15. The van der Waals surface area contributed by atoms with Gasteiger partial charge in [-0.1, -0.05) is 0 Å². The summed E-state index contributed by atoms with van der Waals surface area (Å²) in [7, 11) is 0. The number of nitrogens with zero attached hydrogens (tertiary/aromatic N) is 1. The van der Waals surface area contributed by atoms with Crippen LogP contribution in [0.25, 0.3) is 0 Å². The third-order valence-corrected chi connectivity index (χ3v) is 2.70. The molecule has 0 bridgehead atoms. The molecule has 1 amide bonds. The van der Waals surface area contributed by atoms with E-state index in [1.165, 1.54) is 0 Å². The first kappa shape index (κ1) is 13.6. The largest absolute Gasteiger partial charge is 0.444 e. The summed E-state index contributed by atoms with van der Waals surface area (Å²) in [5.41, 5.74) is -0.453. The van der Waals surface area contributed by atoms with Gasteiger partial charge in [-0.15, -0.1) is 0 Å². The molecular weight excluding hydrogens is 226 g/mol. The lowest BCUT2D eigenvalue weighted by molar-refractivity contribution is 0.0151. The van der Waals surface area contributed by atoms with Crippen molar-refractivity contribution in [2.24, 2.45) is 0 Å². The SMILES string of the molecule is CC(C)(C)OC(=O)N1CCCOC[C@H]1CS. The first-order valence-electron chi connectivity index (χ1n) is 5.62. The number of rotatable bonds is 1. The van der Waals surface area contributed by atoms with Crippen LogP contribution in [0.5, 0.6) is 0 Å². The Morgan fingerprint density at radius 2 is 2.25 bits per heavy atom. The van der Waals surface area contributed by atoms with Gasteiger partial charge in [-0.3, -0.25) is 0 Å². The van der Waals surface area contributed by atoms with E-state index in [0.29, 0.717) is 25.5 Å². The molecule has 0 aromatic heterocycles. The highest BCUT2D eigenvalue weighted by Gasteiger charge is 2.28. The van der Waals surface area contributed by atoms with Gasteiger partial charge in [-0.2, -0.15) is 12.6 Å². The van der Waals surface area contributed by atoms with Crippen molar-refractivity contribution < 1.29 is 14.3 Å². The topological polar surface area (TPSA) is 38.8 Å². The third kappa shape index (κ3) is 4.22. The summed E-state index contributed by atoms with van der Waals surface area (Å²) >= 11 is 4.25. The Morgan fingerprint density at radius 3 is 2.81 bits per heavy atom. The first-order valence-corrected chi connectivity index (χ1v) is 6.25. The van der Waals surface area contributed by atoms with Crippen LogP contribution in [0.3, 0.4) is 0 Å². The number of hydrogen-bond donors (Lipinski definition) is 1. The average Bonchev–Trinajstić information content (AvgIpc) is 2.39. The zero-order valence-electron chi connectivity index (χ0n) is 10.2. The molecule has 1 saturated heterocycles. The van der Waals surface area contributed by atoms with Crippen molar-refractivity contribution in [3.63, 3.8) is 0 Å². The summed E-state index contributed by atoms with van der Waals surface area (Å²) in [6.45, 7) is 7.53. The average molecular weight is 247 g/mol. The van der Waals surface area contributed by atoms with Crippen molar-refractivity contribution in [1.82, 2.24) is 4.90 Å². The first-order chi connectivity index (χ1) is 7.44. The molecular formula is C11H21NO3S. The van der Waals surface area contributed by atoms with Crippen molar-refractivity contribution in [2.45, 2.75) is 38.8 Å². The minimum Gasteiger partial charge on any atom is -0.444 e. The minimum atomic E-state index is -0.453. The Hall–Kier alpha value is -0.420. The molecule has 0 radical (unpaired) electrons. The van der Waals surface area contributed by atoms with E-state index in [2.05, 4.69) is 12.6 Å². The molecule has 0 aromatic carbocycles. The fraction of sp³-hybridized carbons (Fsp3) is 0.909. The Balaban J connectivity index is 2.63. The van der Waals surface area contributed by atoms with Crippen LogP contribution in [0.2, 0.25) is 0 Å². The molecule has 0 aliphatic carbocycles. The molecule has 0 N–H and O–H groups in total. The van der Waals surface area contributed by atoms with E-state index in [1.54, 1.807) is 4.90 Å². The van der Waals surface area contributed by atoms with Crippen molar-refractivity contribution in [1.29, 1.82) is 0 Å². The van der Waals surface area contributed by atoms with Crippen molar-refractivity contribution in [3.8, 4) is 0 Å². The molecule has 4 nitrogen and oxygen atoms in total. The summed E-state index contributed by atoms with van der Waals surface area (Å²) in [6, 6.07) is 0.0145. The van der Waals surface area contributed by atoms with Crippen LogP contribution in [-0.2, 0) is 9.47 Å². The second-order valence-electron chi connectivity index (χ2n) is 4.94. The molecule has 1 aliphatic rings. The van der Waals surface area contributed by atoms with Crippen molar-refractivity contribution in [3.05, 3.63) is 0 Å². The van der Waals surface area contributed by atoms with Gasteiger partial charge in [0.2, 0.25) is 0 Å².